The molecule has 5 nitrogen and oxygen atoms in total. The van der Waals surface area contributed by atoms with Gasteiger partial charge in [0, 0.05) is 22.6 Å². The summed E-state index contributed by atoms with van der Waals surface area (Å²) in [5, 5.41) is 19.7. The Bertz CT molecular complexity index is 1420. The van der Waals surface area contributed by atoms with Crippen molar-refractivity contribution >= 4 is 16.9 Å². The molecular formula is C25H15F3O5. The van der Waals surface area contributed by atoms with Gasteiger partial charge in [-0.2, -0.15) is 0 Å². The number of benzene rings is 3. The van der Waals surface area contributed by atoms with Crippen molar-refractivity contribution < 1.29 is 37.3 Å². The standard InChI is InChI=1S/C25H15F3O5/c1-14-3-2-4-15(11-14)5-10-18-19-12-20(24(30)31)21(29)13-22(19)32-23(18)16-6-8-17(9-7-16)33-25(26,27)28/h2-4,6-9,11-13,29H,1H3,(H,30,31). The number of carbonyl (C=O) groups is 1. The van der Waals surface area contributed by atoms with E-state index < -0.39 is 23.8 Å². The molecule has 0 atom stereocenters. The molecule has 3 aromatic carbocycles. The molecule has 0 amide bonds. The SMILES string of the molecule is Cc1cccc(C#Cc2c(-c3ccc(OC(F)(F)F)cc3)oc3cc(O)c(C(=O)O)cc23)c1. The molecule has 1 aromatic heterocycles. The first-order valence-corrected chi connectivity index (χ1v) is 9.58. The number of ether oxygens (including phenoxy) is 1. The number of rotatable bonds is 3. The van der Waals surface area contributed by atoms with Crippen LogP contribution in [-0.4, -0.2) is 22.5 Å². The molecule has 4 aromatic rings. The largest absolute Gasteiger partial charge is 0.573 e. The minimum atomic E-state index is -4.82. The Kier molecular flexibility index (Phi) is 5.48. The zero-order valence-electron chi connectivity index (χ0n) is 17.0. The molecule has 0 saturated carbocycles. The van der Waals surface area contributed by atoms with E-state index in [0.717, 1.165) is 17.7 Å². The number of aromatic carboxylic acids is 1. The van der Waals surface area contributed by atoms with Crippen molar-refractivity contribution in [2.75, 3.05) is 0 Å². The van der Waals surface area contributed by atoms with Gasteiger partial charge in [0.15, 0.2) is 5.76 Å². The third-order valence-electron chi connectivity index (χ3n) is 4.74. The fraction of sp³-hybridized carbons (Fsp3) is 0.0800. The lowest BCUT2D eigenvalue weighted by Gasteiger charge is -2.08. The summed E-state index contributed by atoms with van der Waals surface area (Å²) in [4.78, 5) is 11.5. The topological polar surface area (TPSA) is 79.9 Å². The maximum Gasteiger partial charge on any atom is 0.573 e. The molecule has 8 heteroatoms. The number of fused-ring (bicyclic) bond motifs is 1. The third kappa shape index (κ3) is 4.77. The molecule has 0 aliphatic carbocycles. The van der Waals surface area contributed by atoms with Gasteiger partial charge in [0.05, 0.1) is 5.56 Å². The molecule has 0 saturated heterocycles. The maximum absolute atomic E-state index is 12.5. The number of hydrogen-bond acceptors (Lipinski definition) is 4. The van der Waals surface area contributed by atoms with E-state index in [0.29, 0.717) is 22.1 Å². The fourth-order valence-electron chi connectivity index (χ4n) is 3.30. The van der Waals surface area contributed by atoms with Crippen LogP contribution >= 0.6 is 0 Å². The van der Waals surface area contributed by atoms with Crippen LogP contribution in [0.5, 0.6) is 11.5 Å². The van der Waals surface area contributed by atoms with E-state index in [1.807, 2.05) is 25.1 Å². The number of phenols is 1. The average molecular weight is 452 g/mol. The first-order chi connectivity index (χ1) is 15.6. The molecule has 0 aliphatic heterocycles. The van der Waals surface area contributed by atoms with Gasteiger partial charge in [0.1, 0.15) is 22.6 Å². The van der Waals surface area contributed by atoms with E-state index in [1.165, 1.54) is 24.3 Å². The Morgan fingerprint density at radius 2 is 1.76 bits per heavy atom. The van der Waals surface area contributed by atoms with Crippen LogP contribution in [0.3, 0.4) is 0 Å². The lowest BCUT2D eigenvalue weighted by molar-refractivity contribution is -0.274. The number of halogens is 3. The van der Waals surface area contributed by atoms with Crippen LogP contribution in [0, 0.1) is 18.8 Å². The molecule has 0 radical (unpaired) electrons. The van der Waals surface area contributed by atoms with Gasteiger partial charge in [-0.05, 0) is 55.0 Å². The highest BCUT2D eigenvalue weighted by Gasteiger charge is 2.31. The van der Waals surface area contributed by atoms with Gasteiger partial charge in [-0.1, -0.05) is 24.0 Å². The number of furan rings is 1. The second-order valence-electron chi connectivity index (χ2n) is 7.17. The first-order valence-electron chi connectivity index (χ1n) is 9.58. The van der Waals surface area contributed by atoms with Crippen molar-refractivity contribution in [2.24, 2.45) is 0 Å². The minimum Gasteiger partial charge on any atom is -0.507 e. The number of aryl methyl sites for hydroxylation is 1. The summed E-state index contributed by atoms with van der Waals surface area (Å²) in [5.41, 5.74) is 2.28. The zero-order valence-corrected chi connectivity index (χ0v) is 17.0. The number of aromatic hydroxyl groups is 1. The summed E-state index contributed by atoms with van der Waals surface area (Å²) < 4.78 is 47.1. The van der Waals surface area contributed by atoms with Gasteiger partial charge in [-0.25, -0.2) is 4.79 Å². The number of alkyl halides is 3. The summed E-state index contributed by atoms with van der Waals surface area (Å²) in [6.45, 7) is 1.91. The Hall–Kier alpha value is -4.38. The van der Waals surface area contributed by atoms with Crippen molar-refractivity contribution in [2.45, 2.75) is 13.3 Å². The van der Waals surface area contributed by atoms with E-state index in [4.69, 9.17) is 4.42 Å². The normalized spacial score (nSPS) is 11.2. The van der Waals surface area contributed by atoms with Crippen LogP contribution in [0.4, 0.5) is 13.2 Å². The van der Waals surface area contributed by atoms with Crippen LogP contribution < -0.4 is 4.74 Å². The number of carboxylic acids is 1. The number of carboxylic acid groups (broad SMARTS) is 1. The van der Waals surface area contributed by atoms with Gasteiger partial charge in [-0.3, -0.25) is 0 Å². The van der Waals surface area contributed by atoms with Crippen LogP contribution in [-0.2, 0) is 0 Å². The van der Waals surface area contributed by atoms with Crippen LogP contribution in [0.2, 0.25) is 0 Å². The molecule has 33 heavy (non-hydrogen) atoms. The van der Waals surface area contributed by atoms with Gasteiger partial charge < -0.3 is 19.4 Å². The van der Waals surface area contributed by atoms with Crippen molar-refractivity contribution in [1.82, 2.24) is 0 Å². The molecule has 1 heterocycles. The lowest BCUT2D eigenvalue weighted by atomic mass is 10.0. The summed E-state index contributed by atoms with van der Waals surface area (Å²) in [6.07, 6.45) is -4.82. The molecule has 0 aliphatic rings. The second kappa shape index (κ2) is 8.28. The Morgan fingerprint density at radius 3 is 2.39 bits per heavy atom. The predicted octanol–water partition coefficient (Wildman–Crippen LogP) is 6.11. The van der Waals surface area contributed by atoms with Crippen LogP contribution in [0.25, 0.3) is 22.3 Å². The first kappa shape index (κ1) is 21.8. The van der Waals surface area contributed by atoms with E-state index in [-0.39, 0.29) is 16.9 Å². The molecule has 2 N–H and O–H groups in total. The highest BCUT2D eigenvalue weighted by molar-refractivity contribution is 6.00. The molecule has 0 fully saturated rings. The van der Waals surface area contributed by atoms with Gasteiger partial charge in [0.25, 0.3) is 0 Å². The van der Waals surface area contributed by atoms with Crippen molar-refractivity contribution in [3.63, 3.8) is 0 Å². The van der Waals surface area contributed by atoms with Crippen molar-refractivity contribution in [1.29, 1.82) is 0 Å². The van der Waals surface area contributed by atoms with Gasteiger partial charge in [0.2, 0.25) is 0 Å². The second-order valence-corrected chi connectivity index (χ2v) is 7.17. The molecule has 166 valence electrons. The van der Waals surface area contributed by atoms with Crippen LogP contribution in [0.1, 0.15) is 27.0 Å². The number of hydrogen-bond donors (Lipinski definition) is 2. The lowest BCUT2D eigenvalue weighted by Crippen LogP contribution is -2.16. The summed E-state index contributed by atoms with van der Waals surface area (Å²) >= 11 is 0. The summed E-state index contributed by atoms with van der Waals surface area (Å²) in [5.74, 6) is 3.99. The minimum absolute atomic E-state index is 0.177. The maximum atomic E-state index is 12.5. The third-order valence-corrected chi connectivity index (χ3v) is 4.74. The summed E-state index contributed by atoms with van der Waals surface area (Å²) in [7, 11) is 0. The Labute approximate surface area is 185 Å². The Balaban J connectivity index is 1.88. The highest BCUT2D eigenvalue weighted by Crippen LogP contribution is 2.37. The van der Waals surface area contributed by atoms with E-state index >= 15 is 0 Å². The quantitative estimate of drug-likeness (QED) is 0.367. The van der Waals surface area contributed by atoms with Crippen LogP contribution in [0.15, 0.2) is 65.1 Å². The van der Waals surface area contributed by atoms with Crippen molar-refractivity contribution in [3.8, 4) is 34.7 Å². The monoisotopic (exact) mass is 452 g/mol. The highest BCUT2D eigenvalue weighted by atomic mass is 19.4. The molecule has 0 bridgehead atoms. The average Bonchev–Trinajstić information content (AvgIpc) is 3.08. The summed E-state index contributed by atoms with van der Waals surface area (Å²) in [6, 6.07) is 14.9. The molecule has 0 spiro atoms. The molecule has 0 unspecified atom stereocenters. The predicted molar refractivity (Wildman–Crippen MR) is 114 cm³/mol. The van der Waals surface area contributed by atoms with Gasteiger partial charge in [-0.15, -0.1) is 13.2 Å². The zero-order chi connectivity index (χ0) is 23.8. The van der Waals surface area contributed by atoms with Gasteiger partial charge >= 0.3 is 12.3 Å². The molecule has 4 rings (SSSR count). The Morgan fingerprint density at radius 1 is 1.03 bits per heavy atom. The van der Waals surface area contributed by atoms with E-state index in [9.17, 15) is 28.2 Å². The molecular weight excluding hydrogens is 437 g/mol. The fourth-order valence-corrected chi connectivity index (χ4v) is 3.30. The van der Waals surface area contributed by atoms with E-state index in [2.05, 4.69) is 16.6 Å². The smallest absolute Gasteiger partial charge is 0.507 e. The van der Waals surface area contributed by atoms with Crippen molar-refractivity contribution in [3.05, 3.63) is 82.9 Å². The van der Waals surface area contributed by atoms with E-state index in [1.54, 1.807) is 6.07 Å².